The zero-order valence-corrected chi connectivity index (χ0v) is 13.5. The zero-order chi connectivity index (χ0) is 17.6. The maximum absolute atomic E-state index is 12.3. The first kappa shape index (κ1) is 16.1. The van der Waals surface area contributed by atoms with Gasteiger partial charge in [-0.25, -0.2) is 9.97 Å². The van der Waals surface area contributed by atoms with Crippen LogP contribution in [0.5, 0.6) is 0 Å². The smallest absolute Gasteiger partial charge is 0.274 e. The highest BCUT2D eigenvalue weighted by molar-refractivity contribution is 6.03. The normalized spacial score (nSPS) is 9.92. The van der Waals surface area contributed by atoms with E-state index in [-0.39, 0.29) is 17.5 Å². The van der Waals surface area contributed by atoms with Gasteiger partial charge in [-0.1, -0.05) is 23.8 Å². The van der Waals surface area contributed by atoms with Crippen LogP contribution in [0.1, 0.15) is 21.6 Å². The third-order valence-corrected chi connectivity index (χ3v) is 3.45. The Morgan fingerprint density at radius 2 is 1.88 bits per heavy atom. The topological polar surface area (TPSA) is 90.7 Å². The fraction of sp³-hybridized carbons (Fsp3) is 0.0526. The van der Waals surface area contributed by atoms with Crippen molar-refractivity contribution in [1.29, 1.82) is 5.26 Å². The third kappa shape index (κ3) is 4.18. The van der Waals surface area contributed by atoms with E-state index in [0.29, 0.717) is 16.9 Å². The Morgan fingerprint density at radius 3 is 2.64 bits per heavy atom. The minimum Gasteiger partial charge on any atom is -0.324 e. The molecule has 25 heavy (non-hydrogen) atoms. The number of nitrogens with zero attached hydrogens (tertiary/aromatic N) is 3. The molecule has 1 amide bonds. The molecule has 0 fully saturated rings. The maximum atomic E-state index is 12.3. The second-order valence-electron chi connectivity index (χ2n) is 5.40. The minimum atomic E-state index is -0.319. The molecule has 122 valence electrons. The van der Waals surface area contributed by atoms with E-state index in [1.165, 1.54) is 6.20 Å². The molecule has 0 spiro atoms. The van der Waals surface area contributed by atoms with Gasteiger partial charge in [0.25, 0.3) is 5.91 Å². The number of nitrogens with one attached hydrogen (secondary N) is 2. The number of aromatic nitrogens is 2. The summed E-state index contributed by atoms with van der Waals surface area (Å²) in [5.74, 6) is -0.0354. The molecule has 3 rings (SSSR count). The van der Waals surface area contributed by atoms with Crippen LogP contribution in [-0.2, 0) is 0 Å². The van der Waals surface area contributed by atoms with E-state index < -0.39 is 0 Å². The Bertz CT molecular complexity index is 945. The van der Waals surface area contributed by atoms with E-state index in [1.807, 2.05) is 31.2 Å². The molecule has 6 heteroatoms. The lowest BCUT2D eigenvalue weighted by atomic mass is 10.2. The SMILES string of the molecule is Cc1ccc(NC(=O)c2ccnc(Nc3cccc(C#N)c3)n2)cc1. The van der Waals surface area contributed by atoms with Crippen molar-refractivity contribution in [3.8, 4) is 6.07 Å². The van der Waals surface area contributed by atoms with Gasteiger partial charge in [0.1, 0.15) is 5.69 Å². The second-order valence-corrected chi connectivity index (χ2v) is 5.40. The fourth-order valence-electron chi connectivity index (χ4n) is 2.17. The van der Waals surface area contributed by atoms with Gasteiger partial charge in [0.05, 0.1) is 11.6 Å². The summed E-state index contributed by atoms with van der Waals surface area (Å²) in [5, 5.41) is 14.7. The van der Waals surface area contributed by atoms with Crippen molar-refractivity contribution in [1.82, 2.24) is 9.97 Å². The highest BCUT2D eigenvalue weighted by Gasteiger charge is 2.09. The molecule has 0 bridgehead atoms. The van der Waals surface area contributed by atoms with Gasteiger partial charge in [-0.3, -0.25) is 4.79 Å². The number of carbonyl (C=O) groups is 1. The number of nitriles is 1. The summed E-state index contributed by atoms with van der Waals surface area (Å²) in [6.45, 7) is 1.98. The lowest BCUT2D eigenvalue weighted by molar-refractivity contribution is 0.102. The number of aryl methyl sites for hydroxylation is 1. The molecule has 0 aliphatic heterocycles. The average Bonchev–Trinajstić information content (AvgIpc) is 2.64. The molecule has 0 unspecified atom stereocenters. The Labute approximate surface area is 145 Å². The summed E-state index contributed by atoms with van der Waals surface area (Å²) in [4.78, 5) is 20.7. The van der Waals surface area contributed by atoms with Crippen LogP contribution < -0.4 is 10.6 Å². The second kappa shape index (κ2) is 7.23. The van der Waals surface area contributed by atoms with Gasteiger partial charge >= 0.3 is 0 Å². The highest BCUT2D eigenvalue weighted by Crippen LogP contribution is 2.15. The molecule has 0 saturated heterocycles. The summed E-state index contributed by atoms with van der Waals surface area (Å²) in [5.41, 5.74) is 3.26. The molecule has 3 aromatic rings. The number of hydrogen-bond acceptors (Lipinski definition) is 5. The highest BCUT2D eigenvalue weighted by atomic mass is 16.1. The van der Waals surface area contributed by atoms with E-state index in [1.54, 1.807) is 30.3 Å². The number of amides is 1. The first-order valence-corrected chi connectivity index (χ1v) is 7.62. The Morgan fingerprint density at radius 1 is 1.08 bits per heavy atom. The van der Waals surface area contributed by atoms with Crippen molar-refractivity contribution in [3.05, 3.63) is 77.6 Å². The van der Waals surface area contributed by atoms with Crippen molar-refractivity contribution in [2.75, 3.05) is 10.6 Å². The van der Waals surface area contributed by atoms with E-state index >= 15 is 0 Å². The van der Waals surface area contributed by atoms with Gasteiger partial charge < -0.3 is 10.6 Å². The number of benzene rings is 2. The standard InChI is InChI=1S/C19H15N5O/c1-13-5-7-15(8-6-13)22-18(25)17-9-10-21-19(24-17)23-16-4-2-3-14(11-16)12-20/h2-11H,1H3,(H,22,25)(H,21,23,24). The van der Waals surface area contributed by atoms with Crippen LogP contribution in [0.25, 0.3) is 0 Å². The van der Waals surface area contributed by atoms with Crippen LogP contribution in [0.3, 0.4) is 0 Å². The van der Waals surface area contributed by atoms with E-state index in [9.17, 15) is 4.79 Å². The van der Waals surface area contributed by atoms with Crippen molar-refractivity contribution in [3.63, 3.8) is 0 Å². The van der Waals surface area contributed by atoms with Crippen LogP contribution in [0.2, 0.25) is 0 Å². The lowest BCUT2D eigenvalue weighted by Gasteiger charge is -2.08. The summed E-state index contributed by atoms with van der Waals surface area (Å²) in [6, 6.07) is 18.1. The molecule has 0 aliphatic carbocycles. The van der Waals surface area contributed by atoms with Crippen LogP contribution in [0.15, 0.2) is 60.8 Å². The Kier molecular flexibility index (Phi) is 4.67. The first-order chi connectivity index (χ1) is 12.1. The van der Waals surface area contributed by atoms with Crippen LogP contribution >= 0.6 is 0 Å². The minimum absolute atomic E-state index is 0.245. The quantitative estimate of drug-likeness (QED) is 0.762. The molecule has 1 heterocycles. The zero-order valence-electron chi connectivity index (χ0n) is 13.5. The number of carbonyl (C=O) groups excluding carboxylic acids is 1. The molecular weight excluding hydrogens is 314 g/mol. The van der Waals surface area contributed by atoms with Gasteiger partial charge in [-0.05, 0) is 43.3 Å². The summed E-state index contributed by atoms with van der Waals surface area (Å²) >= 11 is 0. The molecule has 6 nitrogen and oxygen atoms in total. The van der Waals surface area contributed by atoms with E-state index in [0.717, 1.165) is 5.56 Å². The summed E-state index contributed by atoms with van der Waals surface area (Å²) < 4.78 is 0. The van der Waals surface area contributed by atoms with Crippen molar-refractivity contribution in [2.45, 2.75) is 6.92 Å². The predicted octanol–water partition coefficient (Wildman–Crippen LogP) is 3.65. The monoisotopic (exact) mass is 329 g/mol. The number of hydrogen-bond donors (Lipinski definition) is 2. The maximum Gasteiger partial charge on any atom is 0.274 e. The largest absolute Gasteiger partial charge is 0.324 e. The van der Waals surface area contributed by atoms with Gasteiger partial charge in [-0.15, -0.1) is 0 Å². The third-order valence-electron chi connectivity index (χ3n) is 3.45. The molecule has 0 radical (unpaired) electrons. The molecule has 1 aromatic heterocycles. The fourth-order valence-corrected chi connectivity index (χ4v) is 2.17. The summed E-state index contributed by atoms with van der Waals surface area (Å²) in [7, 11) is 0. The summed E-state index contributed by atoms with van der Waals surface area (Å²) in [6.07, 6.45) is 1.51. The number of rotatable bonds is 4. The predicted molar refractivity (Wildman–Crippen MR) is 95.6 cm³/mol. The molecule has 0 aliphatic rings. The van der Waals surface area contributed by atoms with Gasteiger partial charge in [0.2, 0.25) is 5.95 Å². The Balaban J connectivity index is 1.75. The van der Waals surface area contributed by atoms with Crippen molar-refractivity contribution < 1.29 is 4.79 Å². The van der Waals surface area contributed by atoms with Crippen molar-refractivity contribution >= 4 is 23.2 Å². The van der Waals surface area contributed by atoms with Gasteiger partial charge in [0.15, 0.2) is 0 Å². The van der Waals surface area contributed by atoms with E-state index in [2.05, 4.69) is 26.7 Å². The Hall–Kier alpha value is -3.72. The number of anilines is 3. The molecular formula is C19H15N5O. The molecule has 2 aromatic carbocycles. The van der Waals surface area contributed by atoms with E-state index in [4.69, 9.17) is 5.26 Å². The molecule has 2 N–H and O–H groups in total. The van der Waals surface area contributed by atoms with Crippen LogP contribution in [0, 0.1) is 18.3 Å². The van der Waals surface area contributed by atoms with Crippen molar-refractivity contribution in [2.24, 2.45) is 0 Å². The molecule has 0 atom stereocenters. The first-order valence-electron chi connectivity index (χ1n) is 7.62. The van der Waals surface area contributed by atoms with Gasteiger partial charge in [-0.2, -0.15) is 5.26 Å². The van der Waals surface area contributed by atoms with Crippen LogP contribution in [-0.4, -0.2) is 15.9 Å². The lowest BCUT2D eigenvalue weighted by Crippen LogP contribution is -2.14. The van der Waals surface area contributed by atoms with Gasteiger partial charge in [0, 0.05) is 17.6 Å². The van der Waals surface area contributed by atoms with Crippen LogP contribution in [0.4, 0.5) is 17.3 Å². The molecule has 0 saturated carbocycles. The average molecular weight is 329 g/mol.